The number of nitriles is 1. The summed E-state index contributed by atoms with van der Waals surface area (Å²) in [5.41, 5.74) is 0.818. The maximum atomic E-state index is 11.0. The molecule has 0 saturated heterocycles. The molecule has 4 heteroatoms. The Kier molecular flexibility index (Phi) is 5.69. The van der Waals surface area contributed by atoms with Gasteiger partial charge in [0, 0.05) is 22.8 Å². The van der Waals surface area contributed by atoms with Crippen LogP contribution < -0.4 is 5.32 Å². The summed E-state index contributed by atoms with van der Waals surface area (Å²) >= 11 is 1.81. The summed E-state index contributed by atoms with van der Waals surface area (Å²) in [6.45, 7) is 3.74. The van der Waals surface area contributed by atoms with Gasteiger partial charge >= 0.3 is 0 Å². The third-order valence-corrected chi connectivity index (χ3v) is 5.47. The quantitative estimate of drug-likeness (QED) is 0.893. The molecule has 0 bridgehead atoms. The molecule has 1 N–H and O–H groups in total. The van der Waals surface area contributed by atoms with Crippen molar-refractivity contribution in [3.63, 3.8) is 0 Å². The fourth-order valence-corrected chi connectivity index (χ4v) is 4.23. The van der Waals surface area contributed by atoms with E-state index in [1.54, 1.807) is 0 Å². The lowest BCUT2D eigenvalue weighted by atomic mass is 9.81. The maximum Gasteiger partial charge on any atom is 0.221 e. The van der Waals surface area contributed by atoms with Crippen LogP contribution in [-0.2, 0) is 4.79 Å². The van der Waals surface area contributed by atoms with Crippen molar-refractivity contribution in [1.29, 1.82) is 5.26 Å². The van der Waals surface area contributed by atoms with E-state index in [1.165, 1.54) is 24.7 Å². The van der Waals surface area contributed by atoms with Crippen LogP contribution in [0.4, 0.5) is 5.69 Å². The number of hydrogen-bond acceptors (Lipinski definition) is 3. The summed E-state index contributed by atoms with van der Waals surface area (Å²) in [5, 5.41) is 12.5. The Bertz CT molecular complexity index is 521. The molecule has 1 amide bonds. The second-order valence-electron chi connectivity index (χ2n) is 5.68. The number of carbonyl (C=O) groups excluding carboxylic acids is 1. The smallest absolute Gasteiger partial charge is 0.221 e. The summed E-state index contributed by atoms with van der Waals surface area (Å²) in [5.74, 6) is 0.858. The molecule has 3 atom stereocenters. The average molecular weight is 302 g/mol. The number of carbonyl (C=O) groups is 1. The second kappa shape index (κ2) is 7.51. The Balaban J connectivity index is 2.01. The molecule has 2 rings (SSSR count). The van der Waals surface area contributed by atoms with Crippen molar-refractivity contribution in [3.8, 4) is 6.07 Å². The standard InChI is InChI=1S/C17H22N2OS/c1-3-13-4-5-14(11-18)17(10-13)21-16-8-6-15(7-9-16)19-12(2)20/h6-9,13-14,17H,3-5,10H2,1-2H3,(H,19,20). The lowest BCUT2D eigenvalue weighted by molar-refractivity contribution is -0.114. The van der Waals surface area contributed by atoms with E-state index >= 15 is 0 Å². The number of amides is 1. The molecule has 0 heterocycles. The minimum Gasteiger partial charge on any atom is -0.326 e. The van der Waals surface area contributed by atoms with Crippen molar-refractivity contribution in [3.05, 3.63) is 24.3 Å². The fourth-order valence-electron chi connectivity index (χ4n) is 2.86. The Hall–Kier alpha value is -1.47. The molecule has 0 spiro atoms. The normalized spacial score (nSPS) is 25.1. The van der Waals surface area contributed by atoms with E-state index in [1.807, 2.05) is 36.0 Å². The van der Waals surface area contributed by atoms with E-state index in [4.69, 9.17) is 0 Å². The first-order valence-electron chi connectivity index (χ1n) is 7.56. The average Bonchev–Trinajstić information content (AvgIpc) is 2.48. The molecule has 1 fully saturated rings. The minimum absolute atomic E-state index is 0.0574. The van der Waals surface area contributed by atoms with Crippen LogP contribution >= 0.6 is 11.8 Å². The van der Waals surface area contributed by atoms with Crippen molar-refractivity contribution in [2.24, 2.45) is 11.8 Å². The zero-order valence-corrected chi connectivity index (χ0v) is 13.5. The minimum atomic E-state index is -0.0574. The molecule has 1 aliphatic carbocycles. The van der Waals surface area contributed by atoms with E-state index < -0.39 is 0 Å². The molecule has 0 aromatic heterocycles. The van der Waals surface area contributed by atoms with Gasteiger partial charge in [-0.3, -0.25) is 4.79 Å². The van der Waals surface area contributed by atoms with Crippen molar-refractivity contribution >= 4 is 23.4 Å². The zero-order valence-electron chi connectivity index (χ0n) is 12.6. The summed E-state index contributed by atoms with van der Waals surface area (Å²) in [6, 6.07) is 10.4. The molecule has 112 valence electrons. The van der Waals surface area contributed by atoms with Crippen LogP contribution in [0.25, 0.3) is 0 Å². The Morgan fingerprint density at radius 1 is 1.38 bits per heavy atom. The van der Waals surface area contributed by atoms with Gasteiger partial charge in [-0.05, 0) is 49.4 Å². The maximum absolute atomic E-state index is 11.0. The highest BCUT2D eigenvalue weighted by atomic mass is 32.2. The zero-order chi connectivity index (χ0) is 15.2. The molecular formula is C17H22N2OS. The van der Waals surface area contributed by atoms with Crippen LogP contribution in [0, 0.1) is 23.2 Å². The van der Waals surface area contributed by atoms with Crippen molar-refractivity contribution in [1.82, 2.24) is 0 Å². The van der Waals surface area contributed by atoms with Crippen LogP contribution in [0.5, 0.6) is 0 Å². The molecule has 1 aromatic rings. The number of nitrogens with zero attached hydrogens (tertiary/aromatic N) is 1. The first-order chi connectivity index (χ1) is 10.1. The molecule has 1 aromatic carbocycles. The van der Waals surface area contributed by atoms with Gasteiger partial charge in [0.05, 0.1) is 12.0 Å². The summed E-state index contributed by atoms with van der Waals surface area (Å²) in [6.07, 6.45) is 4.55. The predicted octanol–water partition coefficient (Wildman–Crippen LogP) is 4.46. The highest BCUT2D eigenvalue weighted by Crippen LogP contribution is 2.40. The topological polar surface area (TPSA) is 52.9 Å². The Morgan fingerprint density at radius 3 is 2.67 bits per heavy atom. The van der Waals surface area contributed by atoms with Crippen LogP contribution in [-0.4, -0.2) is 11.2 Å². The molecule has 0 radical (unpaired) electrons. The van der Waals surface area contributed by atoms with E-state index in [0.717, 1.165) is 24.4 Å². The van der Waals surface area contributed by atoms with E-state index in [-0.39, 0.29) is 11.8 Å². The monoisotopic (exact) mass is 302 g/mol. The van der Waals surface area contributed by atoms with Gasteiger partial charge in [-0.1, -0.05) is 13.3 Å². The summed E-state index contributed by atoms with van der Waals surface area (Å²) in [4.78, 5) is 12.2. The van der Waals surface area contributed by atoms with Gasteiger partial charge in [0.15, 0.2) is 0 Å². The third-order valence-electron chi connectivity index (χ3n) is 4.11. The van der Waals surface area contributed by atoms with E-state index in [2.05, 4.69) is 18.3 Å². The number of thioether (sulfide) groups is 1. The highest BCUT2D eigenvalue weighted by Gasteiger charge is 2.30. The molecule has 1 saturated carbocycles. The Labute approximate surface area is 131 Å². The van der Waals surface area contributed by atoms with Crippen molar-refractivity contribution in [2.75, 3.05) is 5.32 Å². The lowest BCUT2D eigenvalue weighted by Gasteiger charge is -2.31. The molecule has 1 aliphatic rings. The second-order valence-corrected chi connectivity index (χ2v) is 7.00. The van der Waals surface area contributed by atoms with Gasteiger partial charge in [-0.15, -0.1) is 11.8 Å². The van der Waals surface area contributed by atoms with Crippen molar-refractivity contribution in [2.45, 2.75) is 49.7 Å². The molecule has 3 unspecified atom stereocenters. The summed E-state index contributed by atoms with van der Waals surface area (Å²) < 4.78 is 0. The number of nitrogens with one attached hydrogen (secondary N) is 1. The van der Waals surface area contributed by atoms with Crippen LogP contribution in [0.15, 0.2) is 29.2 Å². The van der Waals surface area contributed by atoms with Gasteiger partial charge in [0.2, 0.25) is 5.91 Å². The SMILES string of the molecule is CCC1CCC(C#N)C(Sc2ccc(NC(C)=O)cc2)C1. The van der Waals surface area contributed by atoms with Gasteiger partial charge in [-0.2, -0.15) is 5.26 Å². The molecule has 21 heavy (non-hydrogen) atoms. The number of rotatable bonds is 4. The lowest BCUT2D eigenvalue weighted by Crippen LogP contribution is -2.25. The van der Waals surface area contributed by atoms with Gasteiger partial charge in [0.25, 0.3) is 0 Å². The summed E-state index contributed by atoms with van der Waals surface area (Å²) in [7, 11) is 0. The van der Waals surface area contributed by atoms with Gasteiger partial charge < -0.3 is 5.32 Å². The Morgan fingerprint density at radius 2 is 2.10 bits per heavy atom. The largest absolute Gasteiger partial charge is 0.326 e. The van der Waals surface area contributed by atoms with Gasteiger partial charge in [0.1, 0.15) is 0 Å². The highest BCUT2D eigenvalue weighted by molar-refractivity contribution is 8.00. The van der Waals surface area contributed by atoms with E-state index in [9.17, 15) is 10.1 Å². The van der Waals surface area contributed by atoms with Gasteiger partial charge in [-0.25, -0.2) is 0 Å². The molecular weight excluding hydrogens is 280 g/mol. The number of anilines is 1. The number of hydrogen-bond donors (Lipinski definition) is 1. The fraction of sp³-hybridized carbons (Fsp3) is 0.529. The van der Waals surface area contributed by atoms with E-state index in [0.29, 0.717) is 5.25 Å². The predicted molar refractivity (Wildman–Crippen MR) is 87.1 cm³/mol. The first-order valence-corrected chi connectivity index (χ1v) is 8.44. The third kappa shape index (κ3) is 4.50. The van der Waals surface area contributed by atoms with Crippen LogP contribution in [0.1, 0.15) is 39.5 Å². The van der Waals surface area contributed by atoms with Crippen molar-refractivity contribution < 1.29 is 4.79 Å². The molecule has 3 nitrogen and oxygen atoms in total. The number of benzene rings is 1. The first kappa shape index (κ1) is 15.9. The molecule has 0 aliphatic heterocycles. The van der Waals surface area contributed by atoms with Crippen LogP contribution in [0.3, 0.4) is 0 Å². The van der Waals surface area contributed by atoms with Crippen LogP contribution in [0.2, 0.25) is 0 Å².